The van der Waals surface area contributed by atoms with Crippen LogP contribution in [0.4, 0.5) is 0 Å². The lowest BCUT2D eigenvalue weighted by Gasteiger charge is -2.19. The molecule has 0 aromatic rings. The minimum Gasteiger partial charge on any atom is -0.481 e. The molecule has 0 aromatic heterocycles. The van der Waals surface area contributed by atoms with Crippen LogP contribution in [-0.4, -0.2) is 33.2 Å². The molecule has 0 bridgehead atoms. The van der Waals surface area contributed by atoms with Gasteiger partial charge in [0.15, 0.2) is 5.92 Å². The first-order valence-corrected chi connectivity index (χ1v) is 8.07. The molecule has 0 saturated carbocycles. The Labute approximate surface area is 131 Å². The molecule has 0 fully saturated rings. The molecule has 128 valence electrons. The second-order valence-corrected chi connectivity index (χ2v) is 5.78. The van der Waals surface area contributed by atoms with E-state index in [4.69, 9.17) is 15.3 Å². The van der Waals surface area contributed by atoms with E-state index in [1.54, 1.807) is 0 Å². The van der Waals surface area contributed by atoms with E-state index in [0.717, 1.165) is 19.3 Å². The van der Waals surface area contributed by atoms with Crippen molar-refractivity contribution in [2.75, 3.05) is 0 Å². The molecule has 1 unspecified atom stereocenters. The van der Waals surface area contributed by atoms with Gasteiger partial charge < -0.3 is 15.3 Å². The molecule has 0 aliphatic carbocycles. The minimum atomic E-state index is -1.64. The van der Waals surface area contributed by atoms with Crippen molar-refractivity contribution in [1.82, 2.24) is 0 Å². The molecule has 0 aromatic carbocycles. The van der Waals surface area contributed by atoms with E-state index in [1.807, 2.05) is 0 Å². The van der Waals surface area contributed by atoms with Crippen molar-refractivity contribution in [1.29, 1.82) is 0 Å². The topological polar surface area (TPSA) is 112 Å². The lowest BCUT2D eigenvalue weighted by Crippen LogP contribution is -2.32. The van der Waals surface area contributed by atoms with Crippen molar-refractivity contribution in [2.24, 2.45) is 11.8 Å². The Morgan fingerprint density at radius 2 is 1.23 bits per heavy atom. The van der Waals surface area contributed by atoms with Gasteiger partial charge in [-0.1, -0.05) is 58.3 Å². The lowest BCUT2D eigenvalue weighted by molar-refractivity contribution is -0.158. The number of carboxylic acids is 3. The van der Waals surface area contributed by atoms with E-state index in [2.05, 4.69) is 6.92 Å². The number of aliphatic carboxylic acids is 3. The molecular formula is C16H28O6. The predicted molar refractivity (Wildman–Crippen MR) is 81.7 cm³/mol. The van der Waals surface area contributed by atoms with Gasteiger partial charge in [0, 0.05) is 6.42 Å². The summed E-state index contributed by atoms with van der Waals surface area (Å²) in [5.41, 5.74) is 0. The van der Waals surface area contributed by atoms with Crippen LogP contribution in [0.3, 0.4) is 0 Å². The van der Waals surface area contributed by atoms with E-state index < -0.39 is 36.2 Å². The Kier molecular flexibility index (Phi) is 11.1. The predicted octanol–water partition coefficient (Wildman–Crippen LogP) is 3.39. The van der Waals surface area contributed by atoms with Gasteiger partial charge in [-0.3, -0.25) is 14.4 Å². The summed E-state index contributed by atoms with van der Waals surface area (Å²) in [6.07, 6.45) is 8.43. The number of unbranched alkanes of at least 4 members (excludes halogenated alkanes) is 7. The standard InChI is InChI=1S/C16H28O6/c1-2-3-4-5-6-7-8-9-10-12(11-13(17)18)14(15(19)20)16(21)22/h12,14H,2-11H2,1H3,(H,17,18)(H,19,20)(H,21,22). The summed E-state index contributed by atoms with van der Waals surface area (Å²) in [7, 11) is 0. The lowest BCUT2D eigenvalue weighted by atomic mass is 9.85. The average Bonchev–Trinajstić information content (AvgIpc) is 2.40. The Bertz CT molecular complexity index is 339. The first-order valence-electron chi connectivity index (χ1n) is 8.07. The summed E-state index contributed by atoms with van der Waals surface area (Å²) < 4.78 is 0. The largest absolute Gasteiger partial charge is 0.481 e. The van der Waals surface area contributed by atoms with Crippen molar-refractivity contribution in [2.45, 2.75) is 71.1 Å². The highest BCUT2D eigenvalue weighted by Gasteiger charge is 2.35. The average molecular weight is 316 g/mol. The number of carbonyl (C=O) groups is 3. The van der Waals surface area contributed by atoms with Crippen molar-refractivity contribution in [3.63, 3.8) is 0 Å². The van der Waals surface area contributed by atoms with Crippen LogP contribution in [0.5, 0.6) is 0 Å². The van der Waals surface area contributed by atoms with Crippen LogP contribution < -0.4 is 0 Å². The summed E-state index contributed by atoms with van der Waals surface area (Å²) in [4.78, 5) is 32.9. The highest BCUT2D eigenvalue weighted by molar-refractivity contribution is 5.93. The van der Waals surface area contributed by atoms with E-state index in [0.29, 0.717) is 12.8 Å². The van der Waals surface area contributed by atoms with Gasteiger partial charge in [0.05, 0.1) is 0 Å². The first kappa shape index (κ1) is 20.4. The van der Waals surface area contributed by atoms with E-state index >= 15 is 0 Å². The van der Waals surface area contributed by atoms with E-state index in [-0.39, 0.29) is 0 Å². The fourth-order valence-corrected chi connectivity index (χ4v) is 2.66. The zero-order valence-electron chi connectivity index (χ0n) is 13.3. The van der Waals surface area contributed by atoms with Gasteiger partial charge in [0.1, 0.15) is 0 Å². The second kappa shape index (κ2) is 12.0. The number of rotatable bonds is 14. The molecule has 0 spiro atoms. The second-order valence-electron chi connectivity index (χ2n) is 5.78. The van der Waals surface area contributed by atoms with E-state index in [1.165, 1.54) is 25.7 Å². The summed E-state index contributed by atoms with van der Waals surface area (Å²) >= 11 is 0. The third kappa shape index (κ3) is 9.37. The Hall–Kier alpha value is -1.59. The van der Waals surface area contributed by atoms with Gasteiger partial charge in [0.25, 0.3) is 0 Å². The summed E-state index contributed by atoms with van der Waals surface area (Å²) in [6.45, 7) is 2.16. The molecule has 0 saturated heterocycles. The SMILES string of the molecule is CCCCCCCCCCC(CC(=O)O)C(C(=O)O)C(=O)O. The maximum atomic E-state index is 11.0. The molecular weight excluding hydrogens is 288 g/mol. The fraction of sp³-hybridized carbons (Fsp3) is 0.812. The van der Waals surface area contributed by atoms with Crippen LogP contribution >= 0.6 is 0 Å². The quantitative estimate of drug-likeness (QED) is 0.334. The minimum absolute atomic E-state index is 0.324. The number of carboxylic acid groups (broad SMARTS) is 3. The monoisotopic (exact) mass is 316 g/mol. The third-order valence-corrected chi connectivity index (χ3v) is 3.87. The van der Waals surface area contributed by atoms with Crippen LogP contribution in [0.2, 0.25) is 0 Å². The number of hydrogen-bond donors (Lipinski definition) is 3. The highest BCUT2D eigenvalue weighted by atomic mass is 16.4. The van der Waals surface area contributed by atoms with E-state index in [9.17, 15) is 14.4 Å². The van der Waals surface area contributed by atoms with Crippen LogP contribution in [0.15, 0.2) is 0 Å². The van der Waals surface area contributed by atoms with Crippen molar-refractivity contribution >= 4 is 17.9 Å². The van der Waals surface area contributed by atoms with Crippen molar-refractivity contribution in [3.8, 4) is 0 Å². The van der Waals surface area contributed by atoms with Crippen LogP contribution in [0.25, 0.3) is 0 Å². The molecule has 0 aliphatic rings. The molecule has 0 heterocycles. The van der Waals surface area contributed by atoms with Gasteiger partial charge in [-0.2, -0.15) is 0 Å². The van der Waals surface area contributed by atoms with Crippen LogP contribution in [0.1, 0.15) is 71.1 Å². The van der Waals surface area contributed by atoms with Crippen LogP contribution in [0, 0.1) is 11.8 Å². The Balaban J connectivity index is 4.17. The molecule has 0 rings (SSSR count). The Morgan fingerprint density at radius 3 is 1.64 bits per heavy atom. The van der Waals surface area contributed by atoms with Crippen molar-refractivity contribution in [3.05, 3.63) is 0 Å². The van der Waals surface area contributed by atoms with Crippen molar-refractivity contribution < 1.29 is 29.7 Å². The Morgan fingerprint density at radius 1 is 0.773 bits per heavy atom. The molecule has 3 N–H and O–H groups in total. The number of hydrogen-bond acceptors (Lipinski definition) is 3. The van der Waals surface area contributed by atoms with Crippen LogP contribution in [-0.2, 0) is 14.4 Å². The molecule has 6 nitrogen and oxygen atoms in total. The van der Waals surface area contributed by atoms with Gasteiger partial charge >= 0.3 is 17.9 Å². The molecule has 1 atom stereocenters. The maximum Gasteiger partial charge on any atom is 0.318 e. The molecule has 0 radical (unpaired) electrons. The molecule has 0 amide bonds. The smallest absolute Gasteiger partial charge is 0.318 e. The first-order chi connectivity index (χ1) is 10.4. The summed E-state index contributed by atoms with van der Waals surface area (Å²) in [5, 5.41) is 26.8. The zero-order valence-corrected chi connectivity index (χ0v) is 13.3. The van der Waals surface area contributed by atoms with Gasteiger partial charge in [-0.05, 0) is 12.3 Å². The van der Waals surface area contributed by atoms with Gasteiger partial charge in [0.2, 0.25) is 0 Å². The zero-order chi connectivity index (χ0) is 17.0. The summed E-state index contributed by atoms with van der Waals surface area (Å²) in [5.74, 6) is -6.57. The van der Waals surface area contributed by atoms with Gasteiger partial charge in [-0.15, -0.1) is 0 Å². The molecule has 22 heavy (non-hydrogen) atoms. The molecule has 6 heteroatoms. The highest BCUT2D eigenvalue weighted by Crippen LogP contribution is 2.24. The third-order valence-electron chi connectivity index (χ3n) is 3.87. The van der Waals surface area contributed by atoms with Gasteiger partial charge in [-0.25, -0.2) is 0 Å². The summed E-state index contributed by atoms with van der Waals surface area (Å²) in [6, 6.07) is 0. The molecule has 0 aliphatic heterocycles. The normalized spacial score (nSPS) is 12.3. The maximum absolute atomic E-state index is 11.0. The fourth-order valence-electron chi connectivity index (χ4n) is 2.66.